The van der Waals surface area contributed by atoms with Crippen molar-refractivity contribution in [2.24, 2.45) is 5.41 Å². The van der Waals surface area contributed by atoms with Crippen molar-refractivity contribution >= 4 is 5.91 Å². The lowest BCUT2D eigenvalue weighted by molar-refractivity contribution is -0.125. The molecule has 3 rings (SSSR count). The first-order chi connectivity index (χ1) is 11.6. The van der Waals surface area contributed by atoms with Gasteiger partial charge in [0.25, 0.3) is 0 Å². The van der Waals surface area contributed by atoms with Gasteiger partial charge >= 0.3 is 0 Å². The standard InChI is InChI=1S/C18H31N5O/c1-3-10-23-14-18(5-11-22(2)12-6-18)13-15(23)17(24)21-7-4-16-19-8-9-20-16/h8-9,15H,3-7,10-14H2,1-2H3,(H,19,20)(H,21,24). The number of rotatable bonds is 6. The molecule has 134 valence electrons. The van der Waals surface area contributed by atoms with Gasteiger partial charge in [-0.05, 0) is 57.8 Å². The van der Waals surface area contributed by atoms with Gasteiger partial charge in [0, 0.05) is 31.9 Å². The maximum absolute atomic E-state index is 12.8. The third-order valence-corrected chi connectivity index (χ3v) is 5.68. The zero-order valence-corrected chi connectivity index (χ0v) is 15.1. The van der Waals surface area contributed by atoms with Crippen LogP contribution in [0.2, 0.25) is 0 Å². The Labute approximate surface area is 145 Å². The van der Waals surface area contributed by atoms with Gasteiger partial charge in [-0.2, -0.15) is 0 Å². The number of nitrogens with zero attached hydrogens (tertiary/aromatic N) is 3. The number of amides is 1. The van der Waals surface area contributed by atoms with Gasteiger partial charge in [0.1, 0.15) is 5.82 Å². The molecule has 0 radical (unpaired) electrons. The second kappa shape index (κ2) is 7.66. The van der Waals surface area contributed by atoms with Crippen molar-refractivity contribution < 1.29 is 4.79 Å². The molecule has 3 heterocycles. The average molecular weight is 333 g/mol. The first-order valence-corrected chi connectivity index (χ1v) is 9.30. The molecular weight excluding hydrogens is 302 g/mol. The maximum atomic E-state index is 12.8. The normalized spacial score (nSPS) is 24.5. The number of hydrogen-bond donors (Lipinski definition) is 2. The molecule has 2 fully saturated rings. The SMILES string of the molecule is CCCN1CC2(CCN(C)CC2)CC1C(=O)NCCc1ncc[nH]1. The fourth-order valence-corrected chi connectivity index (χ4v) is 4.24. The van der Waals surface area contributed by atoms with Crippen molar-refractivity contribution in [3.8, 4) is 0 Å². The van der Waals surface area contributed by atoms with Crippen molar-refractivity contribution in [2.75, 3.05) is 39.8 Å². The second-order valence-electron chi connectivity index (χ2n) is 7.57. The van der Waals surface area contributed by atoms with Gasteiger partial charge in [-0.25, -0.2) is 4.98 Å². The summed E-state index contributed by atoms with van der Waals surface area (Å²) in [6, 6.07) is 0.0463. The van der Waals surface area contributed by atoms with Gasteiger partial charge in [-0.15, -0.1) is 0 Å². The summed E-state index contributed by atoms with van der Waals surface area (Å²) in [6.45, 7) is 7.28. The zero-order valence-electron chi connectivity index (χ0n) is 15.1. The highest BCUT2D eigenvalue weighted by Crippen LogP contribution is 2.43. The topological polar surface area (TPSA) is 64.3 Å². The molecule has 6 nitrogen and oxygen atoms in total. The van der Waals surface area contributed by atoms with E-state index in [0.717, 1.165) is 51.3 Å². The average Bonchev–Trinajstić information content (AvgIpc) is 3.20. The number of H-pyrrole nitrogens is 1. The van der Waals surface area contributed by atoms with Crippen LogP contribution in [0.1, 0.15) is 38.4 Å². The predicted molar refractivity (Wildman–Crippen MR) is 94.7 cm³/mol. The molecule has 0 aliphatic carbocycles. The molecular formula is C18H31N5O. The molecule has 0 aromatic carbocycles. The van der Waals surface area contributed by atoms with Gasteiger partial charge in [-0.3, -0.25) is 9.69 Å². The first kappa shape index (κ1) is 17.4. The molecule has 1 amide bonds. The summed E-state index contributed by atoms with van der Waals surface area (Å²) in [5.74, 6) is 1.13. The summed E-state index contributed by atoms with van der Waals surface area (Å²) in [6.07, 6.45) is 8.90. The van der Waals surface area contributed by atoms with Crippen molar-refractivity contribution in [3.63, 3.8) is 0 Å². The molecule has 0 saturated carbocycles. The highest BCUT2D eigenvalue weighted by atomic mass is 16.2. The highest BCUT2D eigenvalue weighted by Gasteiger charge is 2.47. The van der Waals surface area contributed by atoms with E-state index in [1.807, 2.05) is 6.20 Å². The van der Waals surface area contributed by atoms with E-state index in [2.05, 4.69) is 39.1 Å². The lowest BCUT2D eigenvalue weighted by Crippen LogP contribution is -2.44. The number of carbonyl (C=O) groups excluding carboxylic acids is 1. The van der Waals surface area contributed by atoms with Crippen LogP contribution < -0.4 is 5.32 Å². The molecule has 1 atom stereocenters. The Kier molecular flexibility index (Phi) is 5.56. The Morgan fingerprint density at radius 2 is 2.25 bits per heavy atom. The molecule has 1 spiro atoms. The molecule has 6 heteroatoms. The van der Waals surface area contributed by atoms with Gasteiger partial charge in [-0.1, -0.05) is 6.92 Å². The number of likely N-dealkylation sites (tertiary alicyclic amines) is 2. The summed E-state index contributed by atoms with van der Waals surface area (Å²) < 4.78 is 0. The predicted octanol–water partition coefficient (Wildman–Crippen LogP) is 1.26. The molecule has 1 aromatic heterocycles. The number of aromatic nitrogens is 2. The second-order valence-corrected chi connectivity index (χ2v) is 7.57. The molecule has 2 saturated heterocycles. The van der Waals surface area contributed by atoms with E-state index in [0.29, 0.717) is 12.0 Å². The molecule has 1 unspecified atom stereocenters. The quantitative estimate of drug-likeness (QED) is 0.823. The van der Waals surface area contributed by atoms with Crippen LogP contribution in [0.5, 0.6) is 0 Å². The van der Waals surface area contributed by atoms with E-state index in [1.165, 1.54) is 12.8 Å². The monoisotopic (exact) mass is 333 g/mol. The van der Waals surface area contributed by atoms with Crippen LogP contribution in [0.3, 0.4) is 0 Å². The van der Waals surface area contributed by atoms with E-state index in [4.69, 9.17) is 0 Å². The van der Waals surface area contributed by atoms with E-state index in [-0.39, 0.29) is 11.9 Å². The van der Waals surface area contributed by atoms with E-state index in [9.17, 15) is 4.79 Å². The van der Waals surface area contributed by atoms with Crippen LogP contribution in [-0.4, -0.2) is 71.5 Å². The Bertz CT molecular complexity index is 522. The number of nitrogens with one attached hydrogen (secondary N) is 2. The van der Waals surface area contributed by atoms with Crippen LogP contribution >= 0.6 is 0 Å². The van der Waals surface area contributed by atoms with Crippen LogP contribution in [-0.2, 0) is 11.2 Å². The van der Waals surface area contributed by atoms with E-state index >= 15 is 0 Å². The van der Waals surface area contributed by atoms with Gasteiger partial charge in [0.15, 0.2) is 0 Å². The van der Waals surface area contributed by atoms with Gasteiger partial charge < -0.3 is 15.2 Å². The lowest BCUT2D eigenvalue weighted by atomic mass is 9.76. The zero-order chi connectivity index (χ0) is 17.0. The van der Waals surface area contributed by atoms with Crippen molar-refractivity contribution in [1.82, 2.24) is 25.1 Å². The minimum Gasteiger partial charge on any atom is -0.354 e. The first-order valence-electron chi connectivity index (χ1n) is 9.30. The summed E-state index contributed by atoms with van der Waals surface area (Å²) in [4.78, 5) is 24.9. The maximum Gasteiger partial charge on any atom is 0.237 e. The smallest absolute Gasteiger partial charge is 0.237 e. The minimum atomic E-state index is 0.0463. The van der Waals surface area contributed by atoms with Crippen LogP contribution in [0.15, 0.2) is 12.4 Å². The van der Waals surface area contributed by atoms with Crippen molar-refractivity contribution in [2.45, 2.75) is 45.1 Å². The van der Waals surface area contributed by atoms with E-state index in [1.54, 1.807) is 6.20 Å². The lowest BCUT2D eigenvalue weighted by Gasteiger charge is -2.37. The van der Waals surface area contributed by atoms with Crippen molar-refractivity contribution in [3.05, 3.63) is 18.2 Å². The highest BCUT2D eigenvalue weighted by molar-refractivity contribution is 5.82. The molecule has 1 aromatic rings. The number of carbonyl (C=O) groups is 1. The van der Waals surface area contributed by atoms with Gasteiger partial charge in [0.2, 0.25) is 5.91 Å². The summed E-state index contributed by atoms with van der Waals surface area (Å²) in [5.41, 5.74) is 0.352. The fraction of sp³-hybridized carbons (Fsp3) is 0.778. The third-order valence-electron chi connectivity index (χ3n) is 5.68. The van der Waals surface area contributed by atoms with Crippen LogP contribution in [0, 0.1) is 5.41 Å². The number of piperidine rings is 1. The Hall–Kier alpha value is -1.40. The number of imidazole rings is 1. The molecule has 2 aliphatic heterocycles. The van der Waals surface area contributed by atoms with Gasteiger partial charge in [0.05, 0.1) is 6.04 Å². The number of aromatic amines is 1. The Morgan fingerprint density at radius 1 is 1.46 bits per heavy atom. The molecule has 24 heavy (non-hydrogen) atoms. The Balaban J connectivity index is 1.56. The summed E-state index contributed by atoms with van der Waals surface area (Å²) in [7, 11) is 2.20. The summed E-state index contributed by atoms with van der Waals surface area (Å²) >= 11 is 0. The van der Waals surface area contributed by atoms with Crippen LogP contribution in [0.4, 0.5) is 0 Å². The fourth-order valence-electron chi connectivity index (χ4n) is 4.24. The number of hydrogen-bond acceptors (Lipinski definition) is 4. The molecule has 2 N–H and O–H groups in total. The minimum absolute atomic E-state index is 0.0463. The van der Waals surface area contributed by atoms with E-state index < -0.39 is 0 Å². The van der Waals surface area contributed by atoms with Crippen LogP contribution in [0.25, 0.3) is 0 Å². The summed E-state index contributed by atoms with van der Waals surface area (Å²) in [5, 5.41) is 3.13. The van der Waals surface area contributed by atoms with Crippen molar-refractivity contribution in [1.29, 1.82) is 0 Å². The largest absolute Gasteiger partial charge is 0.354 e. The molecule has 2 aliphatic rings. The molecule has 0 bridgehead atoms. The third kappa shape index (κ3) is 3.98. The Morgan fingerprint density at radius 3 is 2.92 bits per heavy atom.